The number of Topliss-reactive ketones (excluding diaryl/α,β-unsaturated/α-hetero) is 1. The number of aliphatic hydroxyl groups is 1. The van der Waals surface area contributed by atoms with E-state index in [1.54, 1.807) is 97.1 Å². The summed E-state index contributed by atoms with van der Waals surface area (Å²) in [6, 6.07) is 28.9. The van der Waals surface area contributed by atoms with Crippen LogP contribution in [0.3, 0.4) is 0 Å². The molecule has 4 aromatic carbocycles. The topological polar surface area (TPSA) is 149 Å². The lowest BCUT2D eigenvalue weighted by Crippen LogP contribution is -2.30. The highest BCUT2D eigenvalue weighted by Crippen LogP contribution is 2.29. The largest absolute Gasteiger partial charge is 0.491 e. The average Bonchev–Trinajstić information content (AvgIpc) is 3.03. The van der Waals surface area contributed by atoms with E-state index in [9.17, 15) is 14.4 Å². The minimum Gasteiger partial charge on any atom is -0.491 e. The predicted octanol–water partition coefficient (Wildman–Crippen LogP) is 5.77. The number of carbonyl (C=O) groups is 3. The van der Waals surface area contributed by atoms with Gasteiger partial charge in [-0.25, -0.2) is 4.79 Å². The maximum absolute atomic E-state index is 13.2. The third kappa shape index (κ3) is 9.20. The summed E-state index contributed by atoms with van der Waals surface area (Å²) in [4.78, 5) is 37.7. The van der Waals surface area contributed by atoms with E-state index >= 15 is 0 Å². The zero-order chi connectivity index (χ0) is 31.3. The van der Waals surface area contributed by atoms with Crippen LogP contribution in [0.15, 0.2) is 115 Å². The molecule has 0 fully saturated rings. The second kappa shape index (κ2) is 15.6. The van der Waals surface area contributed by atoms with E-state index in [2.05, 4.69) is 10.6 Å². The quantitative estimate of drug-likeness (QED) is 0.0864. The molecule has 5 N–H and O–H groups in total. The van der Waals surface area contributed by atoms with E-state index in [4.69, 9.17) is 25.1 Å². The molecule has 10 heteroatoms. The molecule has 0 saturated heterocycles. The van der Waals surface area contributed by atoms with Gasteiger partial charge < -0.3 is 30.4 Å². The Bertz CT molecular complexity index is 1570. The molecular formula is C34H33N3O7. The minimum absolute atomic E-state index is 0.0997. The summed E-state index contributed by atoms with van der Waals surface area (Å²) in [6.45, 7) is 1.43. The molecule has 0 aromatic heterocycles. The summed E-state index contributed by atoms with van der Waals surface area (Å²) in [5.74, 6) is 0.419. The molecule has 44 heavy (non-hydrogen) atoms. The Morgan fingerprint density at radius 2 is 1.52 bits per heavy atom. The first kappa shape index (κ1) is 31.3. The smallest absolute Gasteiger partial charge is 0.412 e. The molecule has 0 heterocycles. The molecule has 0 unspecified atom stereocenters. The molecule has 0 aliphatic rings. The van der Waals surface area contributed by atoms with Crippen LogP contribution in [0.25, 0.3) is 0 Å². The first-order valence-corrected chi connectivity index (χ1v) is 13.8. The summed E-state index contributed by atoms with van der Waals surface area (Å²) in [5.41, 5.74) is 8.29. The van der Waals surface area contributed by atoms with E-state index in [1.165, 1.54) is 19.1 Å². The Morgan fingerprint density at radius 3 is 2.18 bits per heavy atom. The number of nitrogen functional groups attached to an aromatic ring is 1. The summed E-state index contributed by atoms with van der Waals surface area (Å²) < 4.78 is 17.6. The zero-order valence-electron chi connectivity index (χ0n) is 24.0. The van der Waals surface area contributed by atoms with Crippen molar-refractivity contribution in [1.82, 2.24) is 0 Å². The zero-order valence-corrected chi connectivity index (χ0v) is 24.0. The Hall–Kier alpha value is -5.61. The number of nitrogens with two attached hydrogens (primary N) is 1. The SMILES string of the molecule is CC(=O)c1ccc(NC(=O)O[C@@H](c2ccc(OCCO)cc2)[C@H](/C=C/C(=O)Nc2ccccc2N)Oc2ccccc2)cc1. The fraction of sp³-hybridized carbons (Fsp3) is 0.147. The van der Waals surface area contributed by atoms with Gasteiger partial charge in [-0.2, -0.15) is 0 Å². The highest BCUT2D eigenvalue weighted by Gasteiger charge is 2.28. The number of carbonyl (C=O) groups excluding carboxylic acids is 3. The summed E-state index contributed by atoms with van der Waals surface area (Å²) in [5, 5.41) is 14.5. The highest BCUT2D eigenvalue weighted by molar-refractivity contribution is 6.01. The summed E-state index contributed by atoms with van der Waals surface area (Å²) in [7, 11) is 0. The molecular weight excluding hydrogens is 562 g/mol. The van der Waals surface area contributed by atoms with Gasteiger partial charge >= 0.3 is 6.09 Å². The average molecular weight is 596 g/mol. The first-order valence-electron chi connectivity index (χ1n) is 13.8. The number of hydrogen-bond acceptors (Lipinski definition) is 8. The molecule has 4 rings (SSSR count). The molecule has 10 nitrogen and oxygen atoms in total. The van der Waals surface area contributed by atoms with E-state index in [0.717, 1.165) is 0 Å². The second-order valence-corrected chi connectivity index (χ2v) is 9.56. The number of ketones is 1. The number of rotatable bonds is 13. The van der Waals surface area contributed by atoms with Crippen LogP contribution in [0.4, 0.5) is 21.9 Å². The Kier molecular flexibility index (Phi) is 11.1. The van der Waals surface area contributed by atoms with Crippen LogP contribution in [0.1, 0.15) is 28.9 Å². The van der Waals surface area contributed by atoms with E-state index in [-0.39, 0.29) is 19.0 Å². The van der Waals surface area contributed by atoms with Crippen molar-refractivity contribution in [3.05, 3.63) is 126 Å². The van der Waals surface area contributed by atoms with Crippen molar-refractivity contribution in [2.75, 3.05) is 29.6 Å². The van der Waals surface area contributed by atoms with Crippen LogP contribution < -0.4 is 25.8 Å². The lowest BCUT2D eigenvalue weighted by molar-refractivity contribution is -0.112. The Labute approximate surface area is 255 Å². The normalized spacial score (nSPS) is 12.1. The minimum atomic E-state index is -1.04. The van der Waals surface area contributed by atoms with Gasteiger partial charge in [0.1, 0.15) is 18.1 Å². The number of aliphatic hydroxyl groups excluding tert-OH is 1. The van der Waals surface area contributed by atoms with Gasteiger partial charge in [0.05, 0.1) is 18.0 Å². The third-order valence-electron chi connectivity index (χ3n) is 6.31. The fourth-order valence-electron chi connectivity index (χ4n) is 4.12. The number of para-hydroxylation sites is 3. The van der Waals surface area contributed by atoms with Crippen molar-refractivity contribution >= 4 is 34.8 Å². The van der Waals surface area contributed by atoms with Gasteiger partial charge in [-0.1, -0.05) is 42.5 Å². The molecule has 0 bridgehead atoms. The number of benzene rings is 4. The lowest BCUT2D eigenvalue weighted by Gasteiger charge is -2.26. The number of ether oxygens (including phenoxy) is 3. The summed E-state index contributed by atoms with van der Waals surface area (Å²) >= 11 is 0. The number of nitrogens with one attached hydrogen (secondary N) is 2. The van der Waals surface area contributed by atoms with Crippen molar-refractivity contribution < 1.29 is 33.7 Å². The van der Waals surface area contributed by atoms with Crippen LogP contribution in [0.2, 0.25) is 0 Å². The molecule has 226 valence electrons. The van der Waals surface area contributed by atoms with Crippen LogP contribution in [0.5, 0.6) is 11.5 Å². The van der Waals surface area contributed by atoms with E-state index < -0.39 is 24.2 Å². The van der Waals surface area contributed by atoms with E-state index in [0.29, 0.717) is 39.7 Å². The van der Waals surface area contributed by atoms with Crippen LogP contribution in [-0.2, 0) is 9.53 Å². The molecule has 2 atom stereocenters. The van der Waals surface area contributed by atoms with Gasteiger partial charge in [-0.3, -0.25) is 14.9 Å². The monoisotopic (exact) mass is 595 g/mol. The maximum Gasteiger partial charge on any atom is 0.412 e. The van der Waals surface area contributed by atoms with Crippen LogP contribution in [-0.4, -0.2) is 42.2 Å². The lowest BCUT2D eigenvalue weighted by atomic mass is 10.0. The molecule has 4 aromatic rings. The Morgan fingerprint density at radius 1 is 0.841 bits per heavy atom. The fourth-order valence-corrected chi connectivity index (χ4v) is 4.12. The second-order valence-electron chi connectivity index (χ2n) is 9.56. The van der Waals surface area contributed by atoms with Crippen LogP contribution >= 0.6 is 0 Å². The van der Waals surface area contributed by atoms with Gasteiger partial charge in [0.2, 0.25) is 5.91 Å². The molecule has 0 radical (unpaired) electrons. The molecule has 2 amide bonds. The number of amides is 2. The van der Waals surface area contributed by atoms with Crippen molar-refractivity contribution in [3.63, 3.8) is 0 Å². The molecule has 0 spiro atoms. The van der Waals surface area contributed by atoms with Gasteiger partial charge in [0.25, 0.3) is 0 Å². The first-order chi connectivity index (χ1) is 21.3. The standard InChI is InChI=1S/C34H33N3O7/c1-23(39)24-11-15-26(16-12-24)36-34(41)44-33(25-13-17-27(18-14-25)42-22-21-38)31(43-28-7-3-2-4-8-28)19-20-32(40)37-30-10-6-5-9-29(30)35/h2-20,31,33,38H,21-22,35H2,1H3,(H,36,41)(H,37,40)/b20-19+/t31-,33-/m0/s1. The highest BCUT2D eigenvalue weighted by atomic mass is 16.6. The molecule has 0 aliphatic heterocycles. The van der Waals surface area contributed by atoms with Crippen molar-refractivity contribution in [1.29, 1.82) is 0 Å². The Balaban J connectivity index is 1.63. The van der Waals surface area contributed by atoms with Crippen molar-refractivity contribution in [2.45, 2.75) is 19.1 Å². The van der Waals surface area contributed by atoms with E-state index in [1.807, 2.05) is 6.07 Å². The van der Waals surface area contributed by atoms with Crippen LogP contribution in [0, 0.1) is 0 Å². The van der Waals surface area contributed by atoms with Crippen molar-refractivity contribution in [2.24, 2.45) is 0 Å². The van der Waals surface area contributed by atoms with Gasteiger partial charge in [0.15, 0.2) is 18.0 Å². The van der Waals surface area contributed by atoms with Gasteiger partial charge in [0, 0.05) is 17.3 Å². The summed E-state index contributed by atoms with van der Waals surface area (Å²) in [6.07, 6.45) is -0.0105. The van der Waals surface area contributed by atoms with Gasteiger partial charge in [-0.15, -0.1) is 0 Å². The molecule has 0 saturated carbocycles. The maximum atomic E-state index is 13.2. The van der Waals surface area contributed by atoms with Crippen molar-refractivity contribution in [3.8, 4) is 11.5 Å². The number of hydrogen-bond donors (Lipinski definition) is 4. The predicted molar refractivity (Wildman–Crippen MR) is 168 cm³/mol. The third-order valence-corrected chi connectivity index (χ3v) is 6.31. The number of anilines is 3. The molecule has 0 aliphatic carbocycles. The van der Waals surface area contributed by atoms with Gasteiger partial charge in [-0.05, 0) is 79.2 Å².